The van der Waals surface area contributed by atoms with Gasteiger partial charge in [-0.15, -0.1) is 0 Å². The Labute approximate surface area is 114 Å². The Morgan fingerprint density at radius 3 is 2.42 bits per heavy atom. The summed E-state index contributed by atoms with van der Waals surface area (Å²) >= 11 is 0. The van der Waals surface area contributed by atoms with Gasteiger partial charge in [0.25, 0.3) is 0 Å². The number of rotatable bonds is 1. The van der Waals surface area contributed by atoms with Gasteiger partial charge < -0.3 is 5.11 Å². The molecule has 3 fully saturated rings. The maximum absolute atomic E-state index is 12.2. The molecule has 0 heterocycles. The first kappa shape index (κ1) is 13.3. The first-order valence-corrected chi connectivity index (χ1v) is 7.61. The van der Waals surface area contributed by atoms with E-state index in [4.69, 9.17) is 0 Å². The lowest BCUT2D eigenvalue weighted by atomic mass is 9.50. The van der Waals surface area contributed by atoms with Gasteiger partial charge >= 0.3 is 0 Å². The maximum atomic E-state index is 12.2. The molecule has 3 aliphatic rings. The summed E-state index contributed by atoms with van der Waals surface area (Å²) in [6.07, 6.45) is 5.04. The number of carbonyl (C=O) groups is 2. The fraction of sp³-hybridized carbons (Fsp3) is 0.875. The van der Waals surface area contributed by atoms with Gasteiger partial charge in [-0.3, -0.25) is 9.59 Å². The van der Waals surface area contributed by atoms with Gasteiger partial charge in [-0.25, -0.2) is 0 Å². The summed E-state index contributed by atoms with van der Waals surface area (Å²) in [6.45, 7) is 4.03. The summed E-state index contributed by atoms with van der Waals surface area (Å²) in [6, 6.07) is 0. The van der Waals surface area contributed by atoms with Gasteiger partial charge in [0.2, 0.25) is 0 Å². The Balaban J connectivity index is 1.95. The van der Waals surface area contributed by atoms with Crippen molar-refractivity contribution >= 4 is 11.6 Å². The predicted octanol–water partition coefficient (Wildman–Crippen LogP) is 2.36. The molecule has 106 valence electrons. The minimum Gasteiger partial charge on any atom is -0.395 e. The van der Waals surface area contributed by atoms with Crippen LogP contribution in [0.25, 0.3) is 0 Å². The molecule has 3 heteroatoms. The van der Waals surface area contributed by atoms with Crippen molar-refractivity contribution in [3.63, 3.8) is 0 Å². The molecule has 0 aromatic heterocycles. The molecule has 0 bridgehead atoms. The topological polar surface area (TPSA) is 54.4 Å². The Hall–Kier alpha value is -0.700. The van der Waals surface area contributed by atoms with E-state index in [1.807, 2.05) is 6.92 Å². The molecule has 1 unspecified atom stereocenters. The number of hydrogen-bond donors (Lipinski definition) is 1. The molecule has 0 spiro atoms. The third-order valence-corrected chi connectivity index (χ3v) is 6.63. The van der Waals surface area contributed by atoms with Gasteiger partial charge in [-0.05, 0) is 43.4 Å². The van der Waals surface area contributed by atoms with Crippen LogP contribution in [0.15, 0.2) is 0 Å². The molecule has 0 aromatic carbocycles. The van der Waals surface area contributed by atoms with E-state index >= 15 is 0 Å². The smallest absolute Gasteiger partial charge is 0.141 e. The van der Waals surface area contributed by atoms with Crippen molar-refractivity contribution in [3.8, 4) is 0 Å². The molecule has 0 radical (unpaired) electrons. The van der Waals surface area contributed by atoms with Crippen LogP contribution in [0.1, 0.15) is 52.4 Å². The maximum Gasteiger partial charge on any atom is 0.141 e. The van der Waals surface area contributed by atoms with Gasteiger partial charge in [-0.1, -0.05) is 13.8 Å². The molecule has 0 aliphatic heterocycles. The highest BCUT2D eigenvalue weighted by Gasteiger charge is 2.59. The fourth-order valence-electron chi connectivity index (χ4n) is 5.25. The fourth-order valence-corrected chi connectivity index (χ4v) is 5.25. The molecule has 1 N–H and O–H groups in total. The van der Waals surface area contributed by atoms with Crippen LogP contribution in [0.3, 0.4) is 0 Å². The van der Waals surface area contributed by atoms with Crippen LogP contribution < -0.4 is 0 Å². The van der Waals surface area contributed by atoms with Crippen molar-refractivity contribution in [2.24, 2.45) is 28.6 Å². The molecule has 0 amide bonds. The van der Waals surface area contributed by atoms with Crippen molar-refractivity contribution in [2.45, 2.75) is 52.4 Å². The number of ketones is 2. The van der Waals surface area contributed by atoms with E-state index in [0.717, 1.165) is 25.7 Å². The van der Waals surface area contributed by atoms with Crippen LogP contribution in [0.4, 0.5) is 0 Å². The summed E-state index contributed by atoms with van der Waals surface area (Å²) in [4.78, 5) is 24.4. The van der Waals surface area contributed by atoms with Crippen molar-refractivity contribution in [1.29, 1.82) is 0 Å². The van der Waals surface area contributed by atoms with Crippen LogP contribution in [0.2, 0.25) is 0 Å². The van der Waals surface area contributed by atoms with Crippen LogP contribution in [0.5, 0.6) is 0 Å². The van der Waals surface area contributed by atoms with Crippen molar-refractivity contribution < 1.29 is 14.7 Å². The lowest BCUT2D eigenvalue weighted by Gasteiger charge is -2.53. The van der Waals surface area contributed by atoms with E-state index in [2.05, 4.69) is 6.92 Å². The predicted molar refractivity (Wildman–Crippen MR) is 71.5 cm³/mol. The van der Waals surface area contributed by atoms with Gasteiger partial charge in [0.15, 0.2) is 0 Å². The van der Waals surface area contributed by atoms with Gasteiger partial charge in [0, 0.05) is 18.3 Å². The van der Waals surface area contributed by atoms with E-state index < -0.39 is 5.41 Å². The van der Waals surface area contributed by atoms with E-state index in [0.29, 0.717) is 30.5 Å². The largest absolute Gasteiger partial charge is 0.395 e. The number of fused-ring (bicyclic) bond motifs is 3. The zero-order chi connectivity index (χ0) is 13.8. The second-order valence-electron chi connectivity index (χ2n) is 7.33. The third-order valence-electron chi connectivity index (χ3n) is 6.63. The highest BCUT2D eigenvalue weighted by molar-refractivity contribution is 5.88. The Kier molecular flexibility index (Phi) is 2.90. The van der Waals surface area contributed by atoms with Crippen LogP contribution in [-0.2, 0) is 9.59 Å². The van der Waals surface area contributed by atoms with Crippen molar-refractivity contribution in [3.05, 3.63) is 0 Å². The van der Waals surface area contributed by atoms with Crippen LogP contribution >= 0.6 is 0 Å². The third kappa shape index (κ3) is 1.60. The average molecular weight is 264 g/mol. The molecule has 3 saturated carbocycles. The number of aliphatic hydroxyl groups excluding tert-OH is 1. The molecule has 3 nitrogen and oxygen atoms in total. The monoisotopic (exact) mass is 264 g/mol. The summed E-state index contributed by atoms with van der Waals surface area (Å²) in [5, 5.41) is 9.73. The summed E-state index contributed by atoms with van der Waals surface area (Å²) in [7, 11) is 0. The molecule has 19 heavy (non-hydrogen) atoms. The second-order valence-corrected chi connectivity index (χ2v) is 7.33. The first-order valence-electron chi connectivity index (χ1n) is 7.61. The second kappa shape index (κ2) is 4.15. The number of hydrogen-bond acceptors (Lipinski definition) is 3. The van der Waals surface area contributed by atoms with E-state index in [1.54, 1.807) is 0 Å². The molecular weight excluding hydrogens is 240 g/mol. The van der Waals surface area contributed by atoms with E-state index in [-0.39, 0.29) is 23.7 Å². The molecule has 0 aromatic rings. The van der Waals surface area contributed by atoms with E-state index in [1.165, 1.54) is 0 Å². The highest BCUT2D eigenvalue weighted by Crippen LogP contribution is 2.60. The zero-order valence-corrected chi connectivity index (χ0v) is 11.9. The zero-order valence-electron chi connectivity index (χ0n) is 11.9. The SMILES string of the molecule is C[C@]1(CO)C(=O)CC[C@@H]2C1CC[C@]1(C)C(=O)CC[C@@H]21. The number of Topliss-reactive ketones (excluding diaryl/α,β-unsaturated/α-hetero) is 2. The van der Waals surface area contributed by atoms with Crippen LogP contribution in [-0.4, -0.2) is 23.3 Å². The van der Waals surface area contributed by atoms with Gasteiger partial charge in [0.05, 0.1) is 12.0 Å². The molecule has 3 aliphatic carbocycles. The summed E-state index contributed by atoms with van der Waals surface area (Å²) in [5.74, 6) is 1.84. The Morgan fingerprint density at radius 2 is 1.74 bits per heavy atom. The van der Waals surface area contributed by atoms with Gasteiger partial charge in [0.1, 0.15) is 11.6 Å². The quantitative estimate of drug-likeness (QED) is 0.791. The van der Waals surface area contributed by atoms with Gasteiger partial charge in [-0.2, -0.15) is 0 Å². The minimum absolute atomic E-state index is 0.0373. The Bertz CT molecular complexity index is 430. The summed E-state index contributed by atoms with van der Waals surface area (Å²) < 4.78 is 0. The normalized spacial score (nSPS) is 49.9. The number of carbonyl (C=O) groups excluding carboxylic acids is 2. The van der Waals surface area contributed by atoms with Crippen LogP contribution in [0, 0.1) is 28.6 Å². The van der Waals surface area contributed by atoms with Crippen molar-refractivity contribution in [1.82, 2.24) is 0 Å². The molecular formula is C16H24O3. The van der Waals surface area contributed by atoms with Crippen molar-refractivity contribution in [2.75, 3.05) is 6.61 Å². The standard InChI is InChI=1S/C16H24O3/c1-15-8-7-12-10(11(15)4-6-13(15)18)3-5-14(19)16(12,2)9-17/h10-12,17H,3-9H2,1-2H3/t10-,11-,12?,15-,16+/m0/s1. The first-order chi connectivity index (χ1) is 8.93. The average Bonchev–Trinajstić information content (AvgIpc) is 2.70. The lowest BCUT2D eigenvalue weighted by molar-refractivity contribution is -0.150. The molecule has 5 atom stereocenters. The summed E-state index contributed by atoms with van der Waals surface area (Å²) in [5.41, 5.74) is -0.701. The minimum atomic E-state index is -0.560. The Morgan fingerprint density at radius 1 is 1.05 bits per heavy atom. The molecule has 3 rings (SSSR count). The number of aliphatic hydroxyl groups is 1. The molecule has 0 saturated heterocycles. The lowest BCUT2D eigenvalue weighted by Crippen LogP contribution is -2.53. The highest BCUT2D eigenvalue weighted by atomic mass is 16.3. The van der Waals surface area contributed by atoms with E-state index in [9.17, 15) is 14.7 Å².